The normalized spacial score (nSPS) is 11.6. The zero-order valence-corrected chi connectivity index (χ0v) is 28.0. The molecule has 2 N–H and O–H groups in total. The Morgan fingerprint density at radius 2 is 1.80 bits per heavy atom. The van der Waals surface area contributed by atoms with Crippen LogP contribution in [0.4, 0.5) is 28.0 Å². The average molecular weight is 716 g/mol. The quantitative estimate of drug-likeness (QED) is 0.149. The molecular formula is C34H33F4N5O6S. The number of hydrogen-bond acceptors (Lipinski definition) is 8. The fraction of sp³-hybridized carbons (Fsp3) is 0.294. The van der Waals surface area contributed by atoms with Crippen LogP contribution < -0.4 is 10.0 Å². The van der Waals surface area contributed by atoms with Crippen molar-refractivity contribution in [3.63, 3.8) is 0 Å². The Kier molecular flexibility index (Phi) is 12.0. The number of aryl methyl sites for hydroxylation is 1. The minimum atomic E-state index is -4.86. The first-order valence-electron chi connectivity index (χ1n) is 15.3. The van der Waals surface area contributed by atoms with Crippen molar-refractivity contribution >= 4 is 27.7 Å². The van der Waals surface area contributed by atoms with E-state index in [-0.39, 0.29) is 70.3 Å². The van der Waals surface area contributed by atoms with Gasteiger partial charge in [0.15, 0.2) is 0 Å². The summed E-state index contributed by atoms with van der Waals surface area (Å²) in [4.78, 5) is 23.7. The second-order valence-electron chi connectivity index (χ2n) is 10.9. The number of methoxy groups -OCH3 is 1. The van der Waals surface area contributed by atoms with Gasteiger partial charge in [0.2, 0.25) is 5.91 Å². The molecule has 4 aromatic rings. The van der Waals surface area contributed by atoms with E-state index in [1.165, 1.54) is 50.4 Å². The number of nitriles is 1. The Labute approximate surface area is 285 Å². The minimum Gasteiger partial charge on any atom is -0.449 e. The van der Waals surface area contributed by atoms with Gasteiger partial charge in [0.05, 0.1) is 28.4 Å². The number of carbonyl (C=O) groups is 2. The Bertz CT molecular complexity index is 2040. The van der Waals surface area contributed by atoms with Crippen LogP contribution in [0.3, 0.4) is 0 Å². The number of anilines is 1. The molecule has 0 atom stereocenters. The number of nitrogens with one attached hydrogen (secondary N) is 2. The van der Waals surface area contributed by atoms with E-state index in [2.05, 4.69) is 15.2 Å². The summed E-state index contributed by atoms with van der Waals surface area (Å²) in [7, 11) is -3.13. The number of ether oxygens (including phenoxy) is 2. The van der Waals surface area contributed by atoms with Crippen molar-refractivity contribution in [1.82, 2.24) is 14.5 Å². The molecule has 0 radical (unpaired) electrons. The predicted molar refractivity (Wildman–Crippen MR) is 174 cm³/mol. The van der Waals surface area contributed by atoms with Gasteiger partial charge < -0.3 is 14.8 Å². The van der Waals surface area contributed by atoms with Crippen LogP contribution in [0.2, 0.25) is 0 Å². The van der Waals surface area contributed by atoms with Crippen molar-refractivity contribution in [3.8, 4) is 22.9 Å². The van der Waals surface area contributed by atoms with Crippen LogP contribution in [0, 0.1) is 17.1 Å². The summed E-state index contributed by atoms with van der Waals surface area (Å²) in [6.45, 7) is 2.99. The van der Waals surface area contributed by atoms with Crippen LogP contribution in [0.25, 0.3) is 16.8 Å². The van der Waals surface area contributed by atoms with E-state index in [1.54, 1.807) is 4.72 Å². The van der Waals surface area contributed by atoms with Gasteiger partial charge >= 0.3 is 12.3 Å². The molecule has 1 heterocycles. The molecule has 0 unspecified atom stereocenters. The number of unbranched alkanes of at least 4 members (excludes halogenated alkanes) is 1. The summed E-state index contributed by atoms with van der Waals surface area (Å²) in [5.41, 5.74) is -1.09. The number of halogens is 4. The number of sulfonamides is 1. The number of hydrogen-bond donors (Lipinski definition) is 2. The molecule has 2 amide bonds. The van der Waals surface area contributed by atoms with Crippen molar-refractivity contribution in [2.24, 2.45) is 0 Å². The Balaban J connectivity index is 1.80. The minimum absolute atomic E-state index is 0.00693. The lowest BCUT2D eigenvalue weighted by Crippen LogP contribution is -2.31. The molecule has 0 fully saturated rings. The highest BCUT2D eigenvalue weighted by atomic mass is 32.2. The SMILES string of the molecule is CCCCc1nn(-c2cc(NC(=O)COC)ccc2C(F)(F)F)c(C#N)c1Cc1ccc(-c2ccccc2S(=O)(=O)NC(=O)OCC)cc1F. The maximum Gasteiger partial charge on any atom is 0.421 e. The molecular weight excluding hydrogens is 682 g/mol. The summed E-state index contributed by atoms with van der Waals surface area (Å²) in [6, 6.07) is 14.4. The third kappa shape index (κ3) is 8.65. The first-order chi connectivity index (χ1) is 23.7. The largest absolute Gasteiger partial charge is 0.449 e. The van der Waals surface area contributed by atoms with Gasteiger partial charge in [-0.1, -0.05) is 43.7 Å². The smallest absolute Gasteiger partial charge is 0.421 e. The number of aromatic nitrogens is 2. The van der Waals surface area contributed by atoms with Crippen molar-refractivity contribution < 1.29 is 45.0 Å². The molecule has 0 saturated heterocycles. The van der Waals surface area contributed by atoms with Crippen molar-refractivity contribution in [2.75, 3.05) is 25.6 Å². The first-order valence-corrected chi connectivity index (χ1v) is 16.8. The molecule has 0 spiro atoms. The Morgan fingerprint density at radius 3 is 2.44 bits per heavy atom. The summed E-state index contributed by atoms with van der Waals surface area (Å²) in [5, 5.41) is 17.1. The first kappa shape index (κ1) is 37.5. The van der Waals surface area contributed by atoms with Gasteiger partial charge in [-0.2, -0.15) is 23.5 Å². The molecule has 0 aliphatic carbocycles. The van der Waals surface area contributed by atoms with E-state index in [9.17, 15) is 36.4 Å². The highest BCUT2D eigenvalue weighted by molar-refractivity contribution is 7.90. The summed E-state index contributed by atoms with van der Waals surface area (Å²) >= 11 is 0. The van der Waals surface area contributed by atoms with Crippen molar-refractivity contribution in [1.29, 1.82) is 5.26 Å². The fourth-order valence-corrected chi connectivity index (χ4v) is 6.30. The second-order valence-corrected chi connectivity index (χ2v) is 12.6. The number of amides is 2. The zero-order chi connectivity index (χ0) is 36.6. The van der Waals surface area contributed by atoms with Gasteiger partial charge in [-0.3, -0.25) is 4.79 Å². The number of carbonyl (C=O) groups excluding carboxylic acids is 2. The molecule has 0 saturated carbocycles. The number of nitrogens with zero attached hydrogens (tertiary/aromatic N) is 3. The van der Waals surface area contributed by atoms with E-state index >= 15 is 4.39 Å². The summed E-state index contributed by atoms with van der Waals surface area (Å²) in [5.74, 6) is -1.40. The second kappa shape index (κ2) is 16.0. The Morgan fingerprint density at radius 1 is 1.06 bits per heavy atom. The van der Waals surface area contributed by atoms with Crippen LogP contribution in [0.15, 0.2) is 65.6 Å². The summed E-state index contributed by atoms with van der Waals surface area (Å²) < 4.78 is 96.5. The van der Waals surface area contributed by atoms with E-state index < -0.39 is 45.3 Å². The van der Waals surface area contributed by atoms with Gasteiger partial charge in [-0.15, -0.1) is 0 Å². The van der Waals surface area contributed by atoms with E-state index in [0.29, 0.717) is 12.8 Å². The van der Waals surface area contributed by atoms with Gasteiger partial charge in [-0.25, -0.2) is 27.0 Å². The number of rotatable bonds is 13. The van der Waals surface area contributed by atoms with Crippen LogP contribution in [0.1, 0.15) is 54.8 Å². The third-order valence-electron chi connectivity index (χ3n) is 7.43. The lowest BCUT2D eigenvalue weighted by atomic mass is 9.97. The molecule has 4 rings (SSSR count). The third-order valence-corrected chi connectivity index (χ3v) is 8.80. The van der Waals surface area contributed by atoms with Crippen LogP contribution in [-0.2, 0) is 43.3 Å². The lowest BCUT2D eigenvalue weighted by molar-refractivity contribution is -0.137. The van der Waals surface area contributed by atoms with Gasteiger partial charge in [0.1, 0.15) is 24.2 Å². The molecule has 50 heavy (non-hydrogen) atoms. The highest BCUT2D eigenvalue weighted by Gasteiger charge is 2.36. The average Bonchev–Trinajstić information content (AvgIpc) is 3.40. The fourth-order valence-electron chi connectivity index (χ4n) is 5.18. The molecule has 11 nitrogen and oxygen atoms in total. The van der Waals surface area contributed by atoms with Gasteiger partial charge in [0.25, 0.3) is 10.0 Å². The van der Waals surface area contributed by atoms with Gasteiger partial charge in [0, 0.05) is 30.3 Å². The van der Waals surface area contributed by atoms with Crippen molar-refractivity contribution in [3.05, 3.63) is 94.6 Å². The molecule has 264 valence electrons. The van der Waals surface area contributed by atoms with Gasteiger partial charge in [-0.05, 0) is 61.2 Å². The highest BCUT2D eigenvalue weighted by Crippen LogP contribution is 2.37. The molecule has 1 aromatic heterocycles. The molecule has 0 aliphatic heterocycles. The van der Waals surface area contributed by atoms with E-state index in [4.69, 9.17) is 4.74 Å². The topological polar surface area (TPSA) is 152 Å². The monoisotopic (exact) mass is 715 g/mol. The van der Waals surface area contributed by atoms with Crippen LogP contribution in [-0.4, -0.2) is 50.5 Å². The van der Waals surface area contributed by atoms with E-state index in [0.717, 1.165) is 28.9 Å². The maximum absolute atomic E-state index is 15.8. The number of benzene rings is 3. The molecule has 0 aliphatic rings. The van der Waals surface area contributed by atoms with Crippen molar-refractivity contribution in [2.45, 2.75) is 50.6 Å². The molecule has 0 bridgehead atoms. The zero-order valence-electron chi connectivity index (χ0n) is 27.2. The van der Waals surface area contributed by atoms with E-state index in [1.807, 2.05) is 13.0 Å². The number of alkyl halides is 3. The lowest BCUT2D eigenvalue weighted by Gasteiger charge is -2.16. The molecule has 3 aromatic carbocycles. The summed E-state index contributed by atoms with van der Waals surface area (Å²) in [6.07, 6.45) is -4.73. The predicted octanol–water partition coefficient (Wildman–Crippen LogP) is 6.52. The van der Waals surface area contributed by atoms with Crippen LogP contribution in [0.5, 0.6) is 0 Å². The Hall–Kier alpha value is -5.27. The van der Waals surface area contributed by atoms with Crippen LogP contribution >= 0.6 is 0 Å². The standard InChI is InChI=1S/C34H33F4N5O6S/c1-4-6-10-28-25(30(19-39)43(41-28)29-18-23(40-32(44)20-48-3)14-15-26(29)34(36,37)38)16-22-13-12-21(17-27(22)35)24-9-7-8-11-31(24)50(46,47)42-33(45)49-5-2/h7-9,11-15,17-18H,4-6,10,16,20H2,1-3H3,(H,40,44)(H,42,45). The maximum atomic E-state index is 15.8. The molecule has 16 heteroatoms.